The van der Waals surface area contributed by atoms with Gasteiger partial charge in [-0.1, -0.05) is 11.6 Å². The Kier molecular flexibility index (Phi) is 5.45. The van der Waals surface area contributed by atoms with E-state index in [0.29, 0.717) is 16.9 Å². The molecule has 9 nitrogen and oxygen atoms in total. The van der Waals surface area contributed by atoms with Crippen LogP contribution in [-0.4, -0.2) is 60.9 Å². The Bertz CT molecular complexity index is 1270. The molecule has 2 aliphatic rings. The molecule has 1 aromatic carbocycles. The molecule has 2 fully saturated rings. The van der Waals surface area contributed by atoms with E-state index in [4.69, 9.17) is 22.4 Å². The Morgan fingerprint density at radius 3 is 2.82 bits per heavy atom. The van der Waals surface area contributed by atoms with E-state index >= 15 is 4.39 Å². The van der Waals surface area contributed by atoms with E-state index in [9.17, 15) is 10.2 Å². The zero-order chi connectivity index (χ0) is 25.2. The summed E-state index contributed by atoms with van der Waals surface area (Å²) in [6, 6.07) is 2.18. The van der Waals surface area contributed by atoms with E-state index in [-0.39, 0.29) is 34.8 Å². The number of aliphatic hydroxyl groups excluding tert-OH is 1. The van der Waals surface area contributed by atoms with Gasteiger partial charge in [-0.25, -0.2) is 19.3 Å². The fourth-order valence-corrected chi connectivity index (χ4v) is 4.60. The van der Waals surface area contributed by atoms with Gasteiger partial charge in [0.1, 0.15) is 29.2 Å². The highest BCUT2D eigenvalue weighted by molar-refractivity contribution is 6.33. The molecule has 1 unspecified atom stereocenters. The van der Waals surface area contributed by atoms with Crippen molar-refractivity contribution in [2.75, 3.05) is 11.9 Å². The highest BCUT2D eigenvalue weighted by atomic mass is 35.5. The van der Waals surface area contributed by atoms with Crippen LogP contribution in [0.4, 0.5) is 10.3 Å². The number of fused-ring (bicyclic) bond motifs is 3. The van der Waals surface area contributed by atoms with Crippen LogP contribution >= 0.6 is 11.6 Å². The summed E-state index contributed by atoms with van der Waals surface area (Å²) in [5.41, 5.74) is 0.0265. The second kappa shape index (κ2) is 8.39. The Balaban J connectivity index is 1.56. The second-order valence-electron chi connectivity index (χ2n) is 9.40. The third-order valence-corrected chi connectivity index (χ3v) is 6.25. The lowest BCUT2D eigenvalue weighted by molar-refractivity contribution is -0.123. The van der Waals surface area contributed by atoms with Crippen LogP contribution in [-0.2, 0) is 15.1 Å². The first-order chi connectivity index (χ1) is 16.5. The zero-order valence-electron chi connectivity index (χ0n) is 20.2. The van der Waals surface area contributed by atoms with Gasteiger partial charge in [-0.2, -0.15) is 0 Å². The monoisotopic (exact) mass is 492 g/mol. The van der Waals surface area contributed by atoms with Crippen molar-refractivity contribution in [3.05, 3.63) is 35.0 Å². The Morgan fingerprint density at radius 2 is 2.12 bits per heavy atom. The summed E-state index contributed by atoms with van der Waals surface area (Å²) in [4.78, 5) is 13.0. The van der Waals surface area contributed by atoms with Crippen LogP contribution in [0, 0.1) is 5.82 Å². The quantitative estimate of drug-likeness (QED) is 0.496. The molecular formula is C23H27ClFN5O4. The van der Waals surface area contributed by atoms with Gasteiger partial charge in [0.25, 0.3) is 0 Å². The number of benzene rings is 1. The third kappa shape index (κ3) is 4.03. The van der Waals surface area contributed by atoms with Crippen LogP contribution in [0.15, 0.2) is 18.3 Å². The van der Waals surface area contributed by atoms with Gasteiger partial charge >= 0.3 is 0 Å². The number of nitrogens with one attached hydrogen (secondary N) is 1. The number of anilines is 1. The molecule has 0 spiro atoms. The summed E-state index contributed by atoms with van der Waals surface area (Å²) >= 11 is 6.41. The van der Waals surface area contributed by atoms with E-state index in [0.717, 1.165) is 0 Å². The molecule has 3 aromatic rings. The summed E-state index contributed by atoms with van der Waals surface area (Å²) in [6.45, 7) is 7.27. The minimum absolute atomic E-state index is 0.101. The van der Waals surface area contributed by atoms with Crippen molar-refractivity contribution in [2.24, 2.45) is 0 Å². The molecule has 2 bridgehead atoms. The summed E-state index contributed by atoms with van der Waals surface area (Å²) in [5.74, 6) is -0.102. The highest BCUT2D eigenvalue weighted by Crippen LogP contribution is 2.35. The molecule has 0 saturated carbocycles. The molecule has 0 radical (unpaired) electrons. The van der Waals surface area contributed by atoms with Crippen molar-refractivity contribution < 1.29 is 25.4 Å². The van der Waals surface area contributed by atoms with Crippen LogP contribution in [0.3, 0.4) is 0 Å². The first kappa shape index (κ1) is 22.1. The molecule has 4 heterocycles. The van der Waals surface area contributed by atoms with E-state index < -0.39 is 42.4 Å². The maximum Gasteiger partial charge on any atom is 0.223 e. The summed E-state index contributed by atoms with van der Waals surface area (Å²) in [7, 11) is 0. The maximum atomic E-state index is 15.2. The summed E-state index contributed by atoms with van der Waals surface area (Å²) in [6.07, 6.45) is -1.80. The van der Waals surface area contributed by atoms with Crippen LogP contribution in [0.1, 0.15) is 47.3 Å². The van der Waals surface area contributed by atoms with Crippen molar-refractivity contribution in [1.82, 2.24) is 19.5 Å². The predicted octanol–water partition coefficient (Wildman–Crippen LogP) is 3.38. The molecule has 2 aliphatic heterocycles. The lowest BCUT2D eigenvalue weighted by Crippen LogP contribution is -2.48. The largest absolute Gasteiger partial charge is 0.388 e. The van der Waals surface area contributed by atoms with Gasteiger partial charge in [0.2, 0.25) is 5.95 Å². The zero-order valence-corrected chi connectivity index (χ0v) is 19.9. The summed E-state index contributed by atoms with van der Waals surface area (Å²) < 4.78 is 36.3. The average molecular weight is 493 g/mol. The standard InChI is InChI=1S/C23H27ClFN5O4/c1-10(2)30-15-6-11(5-13(25)19(15)28-21(30)23(3,4)32)18-12(24)8-26-22(29-18)27-14-7-17-33-9-16(34-17)20(14)31/h5-6,8,10,14,16-17,20,31-32H,7,9H2,1-4H3,(H,26,27,29)/t14?,16-,17-,20-/m0/s1/i7D/t7-,14?,16+,17+,20+/m1. The van der Waals surface area contributed by atoms with Crippen LogP contribution < -0.4 is 5.32 Å². The van der Waals surface area contributed by atoms with Crippen molar-refractivity contribution in [2.45, 2.75) is 70.3 Å². The number of rotatable bonds is 5. The molecule has 0 aliphatic carbocycles. The molecule has 3 N–H and O–H groups in total. The topological polar surface area (TPSA) is 115 Å². The second-order valence-corrected chi connectivity index (χ2v) is 9.81. The number of aromatic nitrogens is 4. The molecule has 5 atom stereocenters. The van der Waals surface area contributed by atoms with Crippen molar-refractivity contribution in [3.63, 3.8) is 0 Å². The number of hydrogen-bond acceptors (Lipinski definition) is 8. The first-order valence-corrected chi connectivity index (χ1v) is 11.4. The Morgan fingerprint density at radius 1 is 1.35 bits per heavy atom. The number of imidazole rings is 1. The fraction of sp³-hybridized carbons (Fsp3) is 0.522. The number of aliphatic hydroxyl groups is 2. The van der Waals surface area contributed by atoms with E-state index in [1.165, 1.54) is 12.3 Å². The lowest BCUT2D eigenvalue weighted by Gasteiger charge is -2.32. The van der Waals surface area contributed by atoms with Crippen LogP contribution in [0.2, 0.25) is 5.02 Å². The van der Waals surface area contributed by atoms with E-state index in [1.54, 1.807) is 24.5 Å². The number of halogens is 2. The molecule has 2 aromatic heterocycles. The van der Waals surface area contributed by atoms with Gasteiger partial charge in [-0.15, -0.1) is 0 Å². The molecule has 0 amide bonds. The number of ether oxygens (including phenoxy) is 2. The van der Waals surface area contributed by atoms with Crippen LogP contribution in [0.25, 0.3) is 22.3 Å². The third-order valence-electron chi connectivity index (χ3n) is 5.97. The highest BCUT2D eigenvalue weighted by Gasteiger charge is 2.43. The van der Waals surface area contributed by atoms with Gasteiger partial charge in [0, 0.05) is 19.4 Å². The van der Waals surface area contributed by atoms with Gasteiger partial charge < -0.3 is 29.6 Å². The minimum Gasteiger partial charge on any atom is -0.388 e. The lowest BCUT2D eigenvalue weighted by atomic mass is 10.0. The molecule has 34 heavy (non-hydrogen) atoms. The minimum atomic E-state index is -1.28. The van der Waals surface area contributed by atoms with Crippen molar-refractivity contribution >= 4 is 28.6 Å². The predicted molar refractivity (Wildman–Crippen MR) is 124 cm³/mol. The smallest absolute Gasteiger partial charge is 0.223 e. The van der Waals surface area contributed by atoms with E-state index in [2.05, 4.69) is 20.3 Å². The normalized spacial score (nSPS) is 27.4. The van der Waals surface area contributed by atoms with Gasteiger partial charge in [-0.05, 0) is 39.8 Å². The Hall–Kier alpha value is -2.37. The molecule has 11 heteroatoms. The summed E-state index contributed by atoms with van der Waals surface area (Å²) in [5, 5.41) is 24.4. The number of nitrogens with zero attached hydrogens (tertiary/aromatic N) is 4. The van der Waals surface area contributed by atoms with Crippen molar-refractivity contribution in [3.8, 4) is 11.3 Å². The molecule has 2 saturated heterocycles. The fourth-order valence-electron chi connectivity index (χ4n) is 4.40. The SMILES string of the molecule is [2H][C@@H]1C(Nc2ncc(Cl)c(-c3cc(F)c4nc(C(C)(C)O)n(C(C)C)c4c3)n2)[C@H](O)[C@@H]2CO[C@H]1O2. The van der Waals surface area contributed by atoms with Crippen LogP contribution in [0.5, 0.6) is 0 Å². The number of hydrogen-bond donors (Lipinski definition) is 3. The Labute approximate surface area is 202 Å². The first-order valence-electron chi connectivity index (χ1n) is 11.6. The van der Waals surface area contributed by atoms with Crippen molar-refractivity contribution in [1.29, 1.82) is 0 Å². The molecule has 182 valence electrons. The van der Waals surface area contributed by atoms with Gasteiger partial charge in [0.15, 0.2) is 12.1 Å². The van der Waals surface area contributed by atoms with Gasteiger partial charge in [-0.3, -0.25) is 0 Å². The van der Waals surface area contributed by atoms with E-state index in [1.807, 2.05) is 13.8 Å². The average Bonchev–Trinajstić information content (AvgIpc) is 3.40. The van der Waals surface area contributed by atoms with Gasteiger partial charge in [0.05, 0.1) is 35.1 Å². The molecule has 5 rings (SSSR count). The maximum absolute atomic E-state index is 15.2. The molecular weight excluding hydrogens is 465 g/mol.